The second-order valence-electron chi connectivity index (χ2n) is 3.23. The molecule has 0 aliphatic heterocycles. The third-order valence-corrected chi connectivity index (χ3v) is 3.23. The van der Waals surface area contributed by atoms with Gasteiger partial charge < -0.3 is 9.84 Å². The largest absolute Gasteiger partial charge is 0.508 e. The number of nitrogens with zero attached hydrogens (tertiary/aromatic N) is 1. The molecule has 88 valence electrons. The van der Waals surface area contributed by atoms with Crippen LogP contribution in [0.25, 0.3) is 10.6 Å². The fourth-order valence-corrected chi connectivity index (χ4v) is 2.26. The average Bonchev–Trinajstić information content (AvgIpc) is 2.74. The lowest BCUT2D eigenvalue weighted by Crippen LogP contribution is -2.00. The van der Waals surface area contributed by atoms with Crippen molar-refractivity contribution >= 4 is 28.9 Å². The molecule has 0 saturated carbocycles. The lowest BCUT2D eigenvalue weighted by Gasteiger charge is -2.03. The highest BCUT2D eigenvalue weighted by Gasteiger charge is 2.11. The van der Waals surface area contributed by atoms with E-state index in [4.69, 9.17) is 11.6 Å². The van der Waals surface area contributed by atoms with Crippen LogP contribution < -0.4 is 0 Å². The summed E-state index contributed by atoms with van der Waals surface area (Å²) in [5, 5.41) is 10.2. The number of carbonyl (C=O) groups excluding carboxylic acids is 1. The molecule has 0 aliphatic carbocycles. The van der Waals surface area contributed by atoms with Crippen molar-refractivity contribution in [3.63, 3.8) is 0 Å². The van der Waals surface area contributed by atoms with E-state index in [9.17, 15) is 9.90 Å². The van der Waals surface area contributed by atoms with E-state index in [1.165, 1.54) is 36.8 Å². The highest BCUT2D eigenvalue weighted by Crippen LogP contribution is 2.31. The zero-order valence-electron chi connectivity index (χ0n) is 8.81. The second kappa shape index (κ2) is 4.73. The summed E-state index contributed by atoms with van der Waals surface area (Å²) in [7, 11) is 1.28. The first-order chi connectivity index (χ1) is 8.10. The number of hydrogen-bond acceptors (Lipinski definition) is 5. The first-order valence-electron chi connectivity index (χ1n) is 4.64. The van der Waals surface area contributed by atoms with Gasteiger partial charge in [-0.25, -0.2) is 9.78 Å². The van der Waals surface area contributed by atoms with Gasteiger partial charge >= 0.3 is 5.97 Å². The van der Waals surface area contributed by atoms with Gasteiger partial charge in [0, 0.05) is 5.56 Å². The Morgan fingerprint density at radius 1 is 1.47 bits per heavy atom. The van der Waals surface area contributed by atoms with Crippen LogP contribution in [0.1, 0.15) is 10.4 Å². The minimum atomic E-state index is -0.509. The number of thiazole rings is 1. The SMILES string of the molecule is COC(=O)c1cc(O)cc(-c2ncc(Cl)s2)c1. The van der Waals surface area contributed by atoms with E-state index in [1.54, 1.807) is 6.07 Å². The molecule has 0 fully saturated rings. The van der Waals surface area contributed by atoms with Crippen molar-refractivity contribution in [2.24, 2.45) is 0 Å². The summed E-state index contributed by atoms with van der Waals surface area (Å²) in [5.41, 5.74) is 0.899. The van der Waals surface area contributed by atoms with Gasteiger partial charge in [0.05, 0.1) is 18.9 Å². The molecule has 17 heavy (non-hydrogen) atoms. The molecule has 1 N–H and O–H groups in total. The highest BCUT2D eigenvalue weighted by atomic mass is 35.5. The van der Waals surface area contributed by atoms with Crippen LogP contribution >= 0.6 is 22.9 Å². The van der Waals surface area contributed by atoms with Crippen molar-refractivity contribution in [1.82, 2.24) is 4.98 Å². The Hall–Kier alpha value is -1.59. The molecule has 1 heterocycles. The van der Waals surface area contributed by atoms with Gasteiger partial charge in [-0.3, -0.25) is 0 Å². The van der Waals surface area contributed by atoms with Crippen molar-refractivity contribution in [2.45, 2.75) is 0 Å². The maximum atomic E-state index is 11.4. The molecule has 2 rings (SSSR count). The number of benzene rings is 1. The van der Waals surface area contributed by atoms with Gasteiger partial charge in [-0.15, -0.1) is 11.3 Å². The second-order valence-corrected chi connectivity index (χ2v) is 4.89. The van der Waals surface area contributed by atoms with E-state index in [0.29, 0.717) is 14.9 Å². The van der Waals surface area contributed by atoms with E-state index in [-0.39, 0.29) is 11.3 Å². The number of hydrogen-bond donors (Lipinski definition) is 1. The summed E-state index contributed by atoms with van der Waals surface area (Å²) in [4.78, 5) is 15.5. The average molecular weight is 270 g/mol. The van der Waals surface area contributed by atoms with Crippen LogP contribution in [0.5, 0.6) is 5.75 Å². The lowest BCUT2D eigenvalue weighted by atomic mass is 10.1. The van der Waals surface area contributed by atoms with Crippen molar-refractivity contribution in [3.05, 3.63) is 34.3 Å². The minimum Gasteiger partial charge on any atom is -0.508 e. The molecule has 1 aromatic heterocycles. The molecule has 0 bridgehead atoms. The van der Waals surface area contributed by atoms with Gasteiger partial charge in [-0.2, -0.15) is 0 Å². The van der Waals surface area contributed by atoms with Crippen molar-refractivity contribution in [1.29, 1.82) is 0 Å². The summed E-state index contributed by atoms with van der Waals surface area (Å²) in [6.07, 6.45) is 1.52. The Bertz CT molecular complexity index is 568. The smallest absolute Gasteiger partial charge is 0.338 e. The number of esters is 1. The number of ether oxygens (including phenoxy) is 1. The summed E-state index contributed by atoms with van der Waals surface area (Å²) < 4.78 is 5.14. The van der Waals surface area contributed by atoms with Crippen LogP contribution in [0, 0.1) is 0 Å². The quantitative estimate of drug-likeness (QED) is 0.852. The van der Waals surface area contributed by atoms with E-state index in [1.807, 2.05) is 0 Å². The number of aromatic hydroxyl groups is 1. The molecule has 0 amide bonds. The van der Waals surface area contributed by atoms with Crippen LogP contribution in [0.2, 0.25) is 4.34 Å². The first kappa shape index (κ1) is 11.9. The Morgan fingerprint density at radius 3 is 2.82 bits per heavy atom. The van der Waals surface area contributed by atoms with Gasteiger partial charge in [0.1, 0.15) is 15.1 Å². The predicted molar refractivity (Wildman–Crippen MR) is 65.6 cm³/mol. The number of halogens is 1. The Balaban J connectivity index is 2.48. The molecule has 4 nitrogen and oxygen atoms in total. The standard InChI is InChI=1S/C11H8ClNO3S/c1-16-11(15)7-2-6(3-8(14)4-7)10-13-5-9(12)17-10/h2-5,14H,1H3. The lowest BCUT2D eigenvalue weighted by molar-refractivity contribution is 0.0600. The van der Waals surface area contributed by atoms with Crippen LogP contribution in [0.15, 0.2) is 24.4 Å². The topological polar surface area (TPSA) is 59.4 Å². The molecule has 0 saturated heterocycles. The fourth-order valence-electron chi connectivity index (χ4n) is 1.36. The highest BCUT2D eigenvalue weighted by molar-refractivity contribution is 7.18. The van der Waals surface area contributed by atoms with Crippen molar-refractivity contribution in [3.8, 4) is 16.3 Å². The third kappa shape index (κ3) is 2.57. The molecule has 0 aliphatic rings. The summed E-state index contributed by atoms with van der Waals surface area (Å²) >= 11 is 7.05. The van der Waals surface area contributed by atoms with E-state index in [0.717, 1.165) is 0 Å². The summed E-state index contributed by atoms with van der Waals surface area (Å²) in [6.45, 7) is 0. The molecule has 0 radical (unpaired) electrons. The normalized spacial score (nSPS) is 10.2. The van der Waals surface area contributed by atoms with Gasteiger partial charge in [0.2, 0.25) is 0 Å². The molecule has 0 spiro atoms. The van der Waals surface area contributed by atoms with Gasteiger partial charge in [-0.1, -0.05) is 11.6 Å². The van der Waals surface area contributed by atoms with Gasteiger partial charge in [0.15, 0.2) is 0 Å². The number of aromatic nitrogens is 1. The molecule has 1 aromatic carbocycles. The van der Waals surface area contributed by atoms with Crippen LogP contribution in [-0.2, 0) is 4.74 Å². The predicted octanol–water partition coefficient (Wildman–Crippen LogP) is 2.96. The fraction of sp³-hybridized carbons (Fsp3) is 0.0909. The Labute approximate surface area is 106 Å². The molecular weight excluding hydrogens is 262 g/mol. The maximum Gasteiger partial charge on any atom is 0.338 e. The number of rotatable bonds is 2. The van der Waals surface area contributed by atoms with E-state index in [2.05, 4.69) is 9.72 Å². The monoisotopic (exact) mass is 269 g/mol. The summed E-state index contributed by atoms with van der Waals surface area (Å²) in [5.74, 6) is -0.529. The zero-order chi connectivity index (χ0) is 12.4. The molecule has 6 heteroatoms. The number of phenolic OH excluding ortho intramolecular Hbond substituents is 1. The third-order valence-electron chi connectivity index (χ3n) is 2.06. The number of methoxy groups -OCH3 is 1. The minimum absolute atomic E-state index is 0.0192. The number of phenols is 1. The zero-order valence-corrected chi connectivity index (χ0v) is 10.4. The maximum absolute atomic E-state index is 11.4. The van der Waals surface area contributed by atoms with Crippen molar-refractivity contribution in [2.75, 3.05) is 7.11 Å². The Kier molecular flexibility index (Phi) is 3.31. The molecule has 0 unspecified atom stereocenters. The van der Waals surface area contributed by atoms with Crippen molar-refractivity contribution < 1.29 is 14.6 Å². The first-order valence-corrected chi connectivity index (χ1v) is 5.83. The summed E-state index contributed by atoms with van der Waals surface area (Å²) in [6, 6.07) is 4.45. The van der Waals surface area contributed by atoms with Crippen LogP contribution in [0.3, 0.4) is 0 Å². The Morgan fingerprint density at radius 2 is 2.24 bits per heavy atom. The number of carbonyl (C=O) groups is 1. The molecule has 0 atom stereocenters. The van der Waals surface area contributed by atoms with Crippen LogP contribution in [0.4, 0.5) is 0 Å². The van der Waals surface area contributed by atoms with Crippen LogP contribution in [-0.4, -0.2) is 23.2 Å². The van der Waals surface area contributed by atoms with Gasteiger partial charge in [0.25, 0.3) is 0 Å². The van der Waals surface area contributed by atoms with E-state index < -0.39 is 5.97 Å². The molecule has 2 aromatic rings. The van der Waals surface area contributed by atoms with E-state index >= 15 is 0 Å². The molecular formula is C11H8ClNO3S. The van der Waals surface area contributed by atoms with Gasteiger partial charge in [-0.05, 0) is 18.2 Å².